The van der Waals surface area contributed by atoms with Crippen LogP contribution in [-0.4, -0.2) is 35.1 Å². The molecule has 1 saturated heterocycles. The Morgan fingerprint density at radius 1 is 1.78 bits per heavy atom. The molecular formula is C5H10O2S2. The summed E-state index contributed by atoms with van der Waals surface area (Å²) in [7, 11) is 0. The molecule has 1 atom stereocenters. The normalized spacial score (nSPS) is 24.3. The molecule has 0 aromatic rings. The van der Waals surface area contributed by atoms with E-state index in [1.54, 1.807) is 0 Å². The van der Waals surface area contributed by atoms with E-state index in [2.05, 4.69) is 0 Å². The van der Waals surface area contributed by atoms with Gasteiger partial charge in [0.1, 0.15) is 0 Å². The average Bonchev–Trinajstić information content (AvgIpc) is 2.63. The summed E-state index contributed by atoms with van der Waals surface area (Å²) in [5.41, 5.74) is 0. The van der Waals surface area contributed by atoms with Crippen molar-refractivity contribution in [1.82, 2.24) is 0 Å². The molecule has 0 aromatic carbocycles. The topological polar surface area (TPSA) is 29.5 Å². The van der Waals surface area contributed by atoms with Gasteiger partial charge in [0.05, 0.1) is 13.2 Å². The first-order valence-electron chi connectivity index (χ1n) is 2.90. The van der Waals surface area contributed by atoms with Crippen LogP contribution in [0.3, 0.4) is 0 Å². The fourth-order valence-electron chi connectivity index (χ4n) is 0.384. The molecule has 2 nitrogen and oxygen atoms in total. The van der Waals surface area contributed by atoms with Crippen molar-refractivity contribution >= 4 is 23.8 Å². The molecule has 4 heteroatoms. The molecule has 1 N–H and O–H groups in total. The van der Waals surface area contributed by atoms with Crippen molar-refractivity contribution in [1.29, 1.82) is 0 Å². The van der Waals surface area contributed by atoms with Gasteiger partial charge in [-0.1, -0.05) is 0 Å². The third-order valence-electron chi connectivity index (χ3n) is 0.914. The Hall–Kier alpha value is 0.620. The van der Waals surface area contributed by atoms with Gasteiger partial charge in [-0.2, -0.15) is 11.8 Å². The Morgan fingerprint density at radius 3 is 3.11 bits per heavy atom. The molecule has 54 valence electrons. The summed E-state index contributed by atoms with van der Waals surface area (Å²) in [6, 6.07) is 0. The Morgan fingerprint density at radius 2 is 2.56 bits per heavy atom. The Balaban J connectivity index is 1.71. The van der Waals surface area contributed by atoms with Crippen LogP contribution in [0.1, 0.15) is 0 Å². The molecule has 1 aliphatic heterocycles. The SMILES string of the molecule is OCCSOCC1CS1. The van der Waals surface area contributed by atoms with Gasteiger partial charge in [-0.25, -0.2) is 0 Å². The monoisotopic (exact) mass is 166 g/mol. The molecule has 1 heterocycles. The second-order valence-electron chi connectivity index (χ2n) is 1.79. The zero-order chi connectivity index (χ0) is 6.53. The smallest absolute Gasteiger partial charge is 0.0740 e. The van der Waals surface area contributed by atoms with Crippen LogP contribution in [0.25, 0.3) is 0 Å². The maximum absolute atomic E-state index is 8.34. The van der Waals surface area contributed by atoms with E-state index in [4.69, 9.17) is 9.29 Å². The molecule has 1 aliphatic rings. The first kappa shape index (κ1) is 7.72. The summed E-state index contributed by atoms with van der Waals surface area (Å²) in [5.74, 6) is 1.94. The van der Waals surface area contributed by atoms with Gasteiger partial charge < -0.3 is 9.29 Å². The number of hydrogen-bond donors (Lipinski definition) is 1. The maximum atomic E-state index is 8.34. The van der Waals surface area contributed by atoms with Gasteiger partial charge in [-0.15, -0.1) is 0 Å². The number of aliphatic hydroxyl groups excluding tert-OH is 1. The van der Waals surface area contributed by atoms with Gasteiger partial charge in [0.25, 0.3) is 0 Å². The van der Waals surface area contributed by atoms with E-state index in [1.165, 1.54) is 17.8 Å². The van der Waals surface area contributed by atoms with Gasteiger partial charge in [0.2, 0.25) is 0 Å². The highest BCUT2D eigenvalue weighted by Gasteiger charge is 2.22. The van der Waals surface area contributed by atoms with Crippen molar-refractivity contribution in [2.24, 2.45) is 0 Å². The van der Waals surface area contributed by atoms with E-state index >= 15 is 0 Å². The number of hydrogen-bond acceptors (Lipinski definition) is 4. The van der Waals surface area contributed by atoms with E-state index in [9.17, 15) is 0 Å². The highest BCUT2D eigenvalue weighted by atomic mass is 32.2. The van der Waals surface area contributed by atoms with E-state index in [0.29, 0.717) is 5.75 Å². The zero-order valence-electron chi connectivity index (χ0n) is 5.08. The first-order chi connectivity index (χ1) is 4.43. The molecule has 9 heavy (non-hydrogen) atoms. The molecule has 1 unspecified atom stereocenters. The second kappa shape index (κ2) is 4.44. The van der Waals surface area contributed by atoms with Crippen molar-refractivity contribution < 1.29 is 9.29 Å². The van der Waals surface area contributed by atoms with Crippen LogP contribution in [0.4, 0.5) is 0 Å². The lowest BCUT2D eigenvalue weighted by atomic mass is 10.5. The minimum Gasteiger partial charge on any atom is -0.395 e. The predicted octanol–water partition coefficient (Wildman–Crippen LogP) is 0.759. The highest BCUT2D eigenvalue weighted by Crippen LogP contribution is 2.30. The molecular weight excluding hydrogens is 156 g/mol. The fraction of sp³-hybridized carbons (Fsp3) is 1.00. The van der Waals surface area contributed by atoms with Gasteiger partial charge >= 0.3 is 0 Å². The maximum Gasteiger partial charge on any atom is 0.0740 e. The van der Waals surface area contributed by atoms with Crippen LogP contribution in [0.15, 0.2) is 0 Å². The van der Waals surface area contributed by atoms with Gasteiger partial charge in [-0.05, 0) is 12.0 Å². The van der Waals surface area contributed by atoms with Crippen LogP contribution in [0.2, 0.25) is 0 Å². The van der Waals surface area contributed by atoms with Gasteiger partial charge in [-0.3, -0.25) is 0 Å². The third kappa shape index (κ3) is 4.08. The summed E-state index contributed by atoms with van der Waals surface area (Å²) in [6.07, 6.45) is 0. The minimum atomic E-state index is 0.211. The van der Waals surface area contributed by atoms with Gasteiger partial charge in [0.15, 0.2) is 0 Å². The molecule has 0 saturated carbocycles. The lowest BCUT2D eigenvalue weighted by molar-refractivity contribution is 0.316. The van der Waals surface area contributed by atoms with E-state index in [-0.39, 0.29) is 6.61 Å². The third-order valence-corrected chi connectivity index (χ3v) is 2.51. The van der Waals surface area contributed by atoms with Crippen LogP contribution >= 0.6 is 23.8 Å². The van der Waals surface area contributed by atoms with E-state index < -0.39 is 0 Å². The first-order valence-corrected chi connectivity index (χ1v) is 4.86. The summed E-state index contributed by atoms with van der Waals surface area (Å²) >= 11 is 3.28. The highest BCUT2D eigenvalue weighted by molar-refractivity contribution is 8.07. The molecule has 0 bridgehead atoms. The van der Waals surface area contributed by atoms with Crippen molar-refractivity contribution in [2.75, 3.05) is 24.7 Å². The Labute approximate surface area is 63.6 Å². The largest absolute Gasteiger partial charge is 0.395 e. The summed E-state index contributed by atoms with van der Waals surface area (Å²) in [4.78, 5) is 0. The summed E-state index contributed by atoms with van der Waals surface area (Å²) in [6.45, 7) is 1.05. The average molecular weight is 166 g/mol. The summed E-state index contributed by atoms with van der Waals surface area (Å²) < 4.78 is 5.13. The molecule has 1 fully saturated rings. The van der Waals surface area contributed by atoms with E-state index in [1.807, 2.05) is 11.8 Å². The van der Waals surface area contributed by atoms with Crippen LogP contribution in [0.5, 0.6) is 0 Å². The zero-order valence-corrected chi connectivity index (χ0v) is 6.71. The van der Waals surface area contributed by atoms with Crippen molar-refractivity contribution in [3.05, 3.63) is 0 Å². The quantitative estimate of drug-likeness (QED) is 0.371. The molecule has 1 rings (SSSR count). The lowest BCUT2D eigenvalue weighted by Gasteiger charge is -1.96. The Kier molecular flexibility index (Phi) is 3.81. The van der Waals surface area contributed by atoms with Gasteiger partial charge in [0, 0.05) is 16.8 Å². The Bertz CT molecular complexity index is 75.4. The number of aliphatic hydroxyl groups is 1. The molecule has 0 aromatic heterocycles. The van der Waals surface area contributed by atoms with Crippen LogP contribution < -0.4 is 0 Å². The predicted molar refractivity (Wildman–Crippen MR) is 41.7 cm³/mol. The second-order valence-corrected chi connectivity index (χ2v) is 4.00. The summed E-state index contributed by atoms with van der Waals surface area (Å²) in [5, 5.41) is 9.09. The molecule has 0 radical (unpaired) electrons. The molecule has 0 amide bonds. The van der Waals surface area contributed by atoms with E-state index in [0.717, 1.165) is 11.9 Å². The van der Waals surface area contributed by atoms with Crippen molar-refractivity contribution in [2.45, 2.75) is 5.25 Å². The van der Waals surface area contributed by atoms with Crippen LogP contribution in [0, 0.1) is 0 Å². The molecule has 0 spiro atoms. The number of rotatable bonds is 5. The molecule has 0 aliphatic carbocycles. The lowest BCUT2D eigenvalue weighted by Crippen LogP contribution is -1.95. The van der Waals surface area contributed by atoms with Crippen molar-refractivity contribution in [3.63, 3.8) is 0 Å². The standard InChI is InChI=1S/C5H10O2S2/c6-1-2-9-7-3-5-4-8-5/h5-6H,1-4H2. The van der Waals surface area contributed by atoms with Crippen molar-refractivity contribution in [3.8, 4) is 0 Å². The minimum absolute atomic E-state index is 0.211. The number of thioether (sulfide) groups is 1. The fourth-order valence-corrected chi connectivity index (χ4v) is 1.32. The van der Waals surface area contributed by atoms with Crippen LogP contribution in [-0.2, 0) is 4.18 Å².